The summed E-state index contributed by atoms with van der Waals surface area (Å²) >= 11 is 0. The van der Waals surface area contributed by atoms with Gasteiger partial charge in [-0.1, -0.05) is 0 Å². The number of nitrogens with one attached hydrogen (secondary N) is 2. The third kappa shape index (κ3) is 1.93. The molecule has 3 heteroatoms. The maximum atomic E-state index is 5.45. The maximum Gasteiger partial charge on any atom is 0.0336 e. The van der Waals surface area contributed by atoms with E-state index in [-0.39, 0.29) is 0 Å². The van der Waals surface area contributed by atoms with Crippen molar-refractivity contribution in [2.45, 2.75) is 31.8 Å². The number of rotatable bonds is 1. The molecule has 3 nitrogen and oxygen atoms in total. The van der Waals surface area contributed by atoms with Crippen LogP contribution in [0.4, 0.5) is 0 Å². The van der Waals surface area contributed by atoms with Gasteiger partial charge in [0, 0.05) is 18.6 Å². The lowest BCUT2D eigenvalue weighted by molar-refractivity contribution is 0.292. The van der Waals surface area contributed by atoms with Gasteiger partial charge in [-0.15, -0.1) is 0 Å². The van der Waals surface area contributed by atoms with Gasteiger partial charge in [-0.05, 0) is 19.8 Å². The lowest BCUT2D eigenvalue weighted by Gasteiger charge is -2.27. The number of nitrogens with two attached hydrogens (primary N) is 1. The molecule has 4 N–H and O–H groups in total. The van der Waals surface area contributed by atoms with Gasteiger partial charge < -0.3 is 5.73 Å². The van der Waals surface area contributed by atoms with E-state index in [0.717, 1.165) is 6.54 Å². The first-order valence-corrected chi connectivity index (χ1v) is 3.54. The molecule has 0 aromatic carbocycles. The highest BCUT2D eigenvalue weighted by atomic mass is 15.4. The van der Waals surface area contributed by atoms with Crippen LogP contribution in [0.3, 0.4) is 0 Å². The Morgan fingerprint density at radius 1 is 1.44 bits per heavy atom. The second kappa shape index (κ2) is 3.15. The highest BCUT2D eigenvalue weighted by Crippen LogP contribution is 2.03. The Kier molecular flexibility index (Phi) is 2.45. The Morgan fingerprint density at radius 2 is 2.22 bits per heavy atom. The minimum atomic E-state index is 0.487. The van der Waals surface area contributed by atoms with Crippen LogP contribution < -0.4 is 16.6 Å². The van der Waals surface area contributed by atoms with E-state index in [1.807, 2.05) is 0 Å². The molecule has 9 heavy (non-hydrogen) atoms. The highest BCUT2D eigenvalue weighted by molar-refractivity contribution is 4.74. The van der Waals surface area contributed by atoms with Crippen LogP contribution in [0.5, 0.6) is 0 Å². The summed E-state index contributed by atoms with van der Waals surface area (Å²) in [4.78, 5) is 0. The summed E-state index contributed by atoms with van der Waals surface area (Å²) in [6, 6.07) is 1.09. The summed E-state index contributed by atoms with van der Waals surface area (Å²) < 4.78 is 0. The van der Waals surface area contributed by atoms with Crippen molar-refractivity contribution in [2.24, 2.45) is 5.73 Å². The van der Waals surface area contributed by atoms with Crippen LogP contribution in [0.25, 0.3) is 0 Å². The molecule has 1 aliphatic heterocycles. The molecular formula is C6H15N3. The predicted molar refractivity (Wildman–Crippen MR) is 37.8 cm³/mol. The molecule has 2 unspecified atom stereocenters. The van der Waals surface area contributed by atoms with Gasteiger partial charge in [0.05, 0.1) is 0 Å². The second-order valence-electron chi connectivity index (χ2n) is 2.70. The van der Waals surface area contributed by atoms with Crippen molar-refractivity contribution in [1.29, 1.82) is 0 Å². The predicted octanol–water partition coefficient (Wildman–Crippen LogP) is -0.410. The molecule has 0 spiro atoms. The number of hydrogen-bond donors (Lipinski definition) is 3. The fraction of sp³-hybridized carbons (Fsp3) is 1.00. The smallest absolute Gasteiger partial charge is 0.0336 e. The monoisotopic (exact) mass is 129 g/mol. The van der Waals surface area contributed by atoms with Crippen LogP contribution in [0.15, 0.2) is 0 Å². The standard InChI is InChI=1S/C6H15N3/c1-5-2-3-6(4-7)9-8-5/h5-6,8-9H,2-4,7H2,1H3. The molecule has 1 fully saturated rings. The average Bonchev–Trinajstić information content (AvgIpc) is 1.90. The molecule has 1 saturated heterocycles. The van der Waals surface area contributed by atoms with Crippen LogP contribution in [-0.2, 0) is 0 Å². The lowest BCUT2D eigenvalue weighted by Crippen LogP contribution is -2.53. The van der Waals surface area contributed by atoms with Crippen LogP contribution >= 0.6 is 0 Å². The SMILES string of the molecule is CC1CCC(CN)NN1. The first-order valence-electron chi connectivity index (χ1n) is 3.54. The number of hydrogen-bond acceptors (Lipinski definition) is 3. The van der Waals surface area contributed by atoms with Crippen molar-refractivity contribution in [3.8, 4) is 0 Å². The molecule has 0 aromatic heterocycles. The Bertz CT molecular complexity index is 76.4. The molecular weight excluding hydrogens is 114 g/mol. The Hall–Kier alpha value is -0.120. The van der Waals surface area contributed by atoms with Crippen molar-refractivity contribution in [3.63, 3.8) is 0 Å². The van der Waals surface area contributed by atoms with E-state index in [1.54, 1.807) is 0 Å². The van der Waals surface area contributed by atoms with Gasteiger partial charge in [-0.2, -0.15) is 0 Å². The first kappa shape index (κ1) is 6.99. The van der Waals surface area contributed by atoms with E-state index in [1.165, 1.54) is 12.8 Å². The summed E-state index contributed by atoms with van der Waals surface area (Å²) in [5.41, 5.74) is 11.7. The van der Waals surface area contributed by atoms with Gasteiger partial charge in [-0.3, -0.25) is 10.9 Å². The van der Waals surface area contributed by atoms with Crippen molar-refractivity contribution in [1.82, 2.24) is 10.9 Å². The largest absolute Gasteiger partial charge is 0.329 e. The van der Waals surface area contributed by atoms with E-state index in [9.17, 15) is 0 Å². The summed E-state index contributed by atoms with van der Waals surface area (Å²) in [6.45, 7) is 2.90. The van der Waals surface area contributed by atoms with Crippen molar-refractivity contribution in [3.05, 3.63) is 0 Å². The van der Waals surface area contributed by atoms with E-state index in [2.05, 4.69) is 17.8 Å². The topological polar surface area (TPSA) is 50.1 Å². The van der Waals surface area contributed by atoms with Crippen molar-refractivity contribution < 1.29 is 0 Å². The average molecular weight is 129 g/mol. The van der Waals surface area contributed by atoms with Crippen LogP contribution in [0.2, 0.25) is 0 Å². The molecule has 54 valence electrons. The Morgan fingerprint density at radius 3 is 2.67 bits per heavy atom. The minimum Gasteiger partial charge on any atom is -0.329 e. The first-order chi connectivity index (χ1) is 4.33. The van der Waals surface area contributed by atoms with Crippen LogP contribution in [-0.4, -0.2) is 18.6 Å². The third-order valence-electron chi connectivity index (χ3n) is 1.77. The van der Waals surface area contributed by atoms with E-state index in [4.69, 9.17) is 5.73 Å². The van der Waals surface area contributed by atoms with Gasteiger partial charge in [0.2, 0.25) is 0 Å². The Balaban J connectivity index is 2.18. The molecule has 1 rings (SSSR count). The number of hydrazine groups is 1. The molecule has 0 amide bonds. The molecule has 0 aromatic rings. The fourth-order valence-corrected chi connectivity index (χ4v) is 1.03. The van der Waals surface area contributed by atoms with E-state index < -0.39 is 0 Å². The molecule has 0 radical (unpaired) electrons. The van der Waals surface area contributed by atoms with E-state index >= 15 is 0 Å². The normalized spacial score (nSPS) is 36.7. The molecule has 0 saturated carbocycles. The highest BCUT2D eigenvalue weighted by Gasteiger charge is 2.14. The third-order valence-corrected chi connectivity index (χ3v) is 1.77. The zero-order chi connectivity index (χ0) is 6.69. The quantitative estimate of drug-likeness (QED) is 0.451. The summed E-state index contributed by atoms with van der Waals surface area (Å²) in [5, 5.41) is 0. The molecule has 0 aliphatic carbocycles. The Labute approximate surface area is 56.0 Å². The fourth-order valence-electron chi connectivity index (χ4n) is 1.03. The van der Waals surface area contributed by atoms with Gasteiger partial charge in [0.25, 0.3) is 0 Å². The van der Waals surface area contributed by atoms with Crippen molar-refractivity contribution in [2.75, 3.05) is 6.54 Å². The molecule has 1 aliphatic rings. The van der Waals surface area contributed by atoms with Gasteiger partial charge >= 0.3 is 0 Å². The lowest BCUT2D eigenvalue weighted by atomic mass is 10.1. The van der Waals surface area contributed by atoms with Crippen molar-refractivity contribution >= 4 is 0 Å². The van der Waals surface area contributed by atoms with Crippen LogP contribution in [0, 0.1) is 0 Å². The van der Waals surface area contributed by atoms with Gasteiger partial charge in [0.1, 0.15) is 0 Å². The zero-order valence-corrected chi connectivity index (χ0v) is 5.85. The second-order valence-corrected chi connectivity index (χ2v) is 2.70. The molecule has 1 heterocycles. The summed E-state index contributed by atoms with van der Waals surface area (Å²) in [7, 11) is 0. The van der Waals surface area contributed by atoms with Gasteiger partial charge in [0.15, 0.2) is 0 Å². The minimum absolute atomic E-state index is 0.487. The van der Waals surface area contributed by atoms with Crippen LogP contribution in [0.1, 0.15) is 19.8 Å². The maximum absolute atomic E-state index is 5.45. The molecule has 2 atom stereocenters. The van der Waals surface area contributed by atoms with Gasteiger partial charge in [-0.25, -0.2) is 0 Å². The zero-order valence-electron chi connectivity index (χ0n) is 5.85. The molecule has 0 bridgehead atoms. The summed E-state index contributed by atoms with van der Waals surface area (Å²) in [5.74, 6) is 0. The summed E-state index contributed by atoms with van der Waals surface area (Å²) in [6.07, 6.45) is 2.43. The van der Waals surface area contributed by atoms with E-state index in [0.29, 0.717) is 12.1 Å².